The highest BCUT2D eigenvalue weighted by molar-refractivity contribution is 5.90. The Morgan fingerprint density at radius 3 is 2.73 bits per heavy atom. The molecule has 1 aliphatic rings. The summed E-state index contributed by atoms with van der Waals surface area (Å²) in [5.74, 6) is -0.262. The van der Waals surface area contributed by atoms with E-state index in [1.165, 1.54) is 18.6 Å². The monoisotopic (exact) mass is 356 g/mol. The van der Waals surface area contributed by atoms with Crippen molar-refractivity contribution in [2.75, 3.05) is 25.5 Å². The van der Waals surface area contributed by atoms with Crippen LogP contribution in [-0.4, -0.2) is 37.2 Å². The van der Waals surface area contributed by atoms with Crippen LogP contribution in [0.2, 0.25) is 0 Å². The maximum absolute atomic E-state index is 13.1. The van der Waals surface area contributed by atoms with Crippen molar-refractivity contribution in [2.45, 2.75) is 31.8 Å². The molecule has 1 fully saturated rings. The van der Waals surface area contributed by atoms with Crippen molar-refractivity contribution in [2.24, 2.45) is 0 Å². The lowest BCUT2D eigenvalue weighted by atomic mass is 10.1. The average Bonchev–Trinajstić information content (AvgIpc) is 2.67. The number of rotatable bonds is 5. The molecule has 2 aromatic carbocycles. The molecule has 0 bridgehead atoms. The van der Waals surface area contributed by atoms with Gasteiger partial charge in [-0.15, -0.1) is 0 Å². The van der Waals surface area contributed by atoms with Crippen molar-refractivity contribution >= 4 is 11.7 Å². The van der Waals surface area contributed by atoms with Crippen molar-refractivity contribution in [1.82, 2.24) is 4.90 Å². The molecule has 0 spiro atoms. The first-order valence-corrected chi connectivity index (χ1v) is 9.11. The van der Waals surface area contributed by atoms with Gasteiger partial charge in [-0.05, 0) is 61.1 Å². The summed E-state index contributed by atoms with van der Waals surface area (Å²) in [4.78, 5) is 14.1. The second kappa shape index (κ2) is 8.81. The molecule has 5 heteroatoms. The van der Waals surface area contributed by atoms with E-state index in [1.807, 2.05) is 24.3 Å². The zero-order valence-corrected chi connectivity index (χ0v) is 15.1. The predicted molar refractivity (Wildman–Crippen MR) is 102 cm³/mol. The number of halogens is 1. The molecule has 0 aromatic heterocycles. The quantitative estimate of drug-likeness (QED) is 0.826. The van der Waals surface area contributed by atoms with Crippen molar-refractivity contribution < 1.29 is 13.9 Å². The first-order chi connectivity index (χ1) is 12.6. The highest BCUT2D eigenvalue weighted by atomic mass is 19.1. The van der Waals surface area contributed by atoms with Crippen molar-refractivity contribution in [3.63, 3.8) is 0 Å². The van der Waals surface area contributed by atoms with Crippen molar-refractivity contribution in [3.05, 3.63) is 54.3 Å². The minimum absolute atomic E-state index is 0.142. The van der Waals surface area contributed by atoms with Gasteiger partial charge >= 0.3 is 6.03 Å². The summed E-state index contributed by atoms with van der Waals surface area (Å²) in [5.41, 5.74) is 2.56. The summed E-state index contributed by atoms with van der Waals surface area (Å²) in [5, 5.41) is 2.92. The highest BCUT2D eigenvalue weighted by Crippen LogP contribution is 2.23. The summed E-state index contributed by atoms with van der Waals surface area (Å²) < 4.78 is 18.8. The number of anilines is 1. The van der Waals surface area contributed by atoms with Gasteiger partial charge in [0.05, 0.1) is 6.10 Å². The van der Waals surface area contributed by atoms with Crippen molar-refractivity contribution in [1.29, 1.82) is 0 Å². The Hall–Kier alpha value is -2.40. The molecule has 1 saturated heterocycles. The van der Waals surface area contributed by atoms with Gasteiger partial charge in [0.25, 0.3) is 0 Å². The number of carbonyl (C=O) groups is 1. The molecular weight excluding hydrogens is 331 g/mol. The number of nitrogens with zero attached hydrogens (tertiary/aromatic N) is 1. The van der Waals surface area contributed by atoms with E-state index in [0.29, 0.717) is 6.54 Å². The van der Waals surface area contributed by atoms with Gasteiger partial charge < -0.3 is 15.0 Å². The summed E-state index contributed by atoms with van der Waals surface area (Å²) in [6.07, 6.45) is 4.55. The molecule has 26 heavy (non-hydrogen) atoms. The fourth-order valence-corrected chi connectivity index (χ4v) is 3.11. The summed E-state index contributed by atoms with van der Waals surface area (Å²) in [6.45, 7) is 1.49. The number of amides is 2. The Morgan fingerprint density at radius 1 is 1.19 bits per heavy atom. The van der Waals surface area contributed by atoms with Crippen LogP contribution >= 0.6 is 0 Å². The van der Waals surface area contributed by atoms with Gasteiger partial charge in [0.1, 0.15) is 5.82 Å². The summed E-state index contributed by atoms with van der Waals surface area (Å²) in [7, 11) is 1.79. The van der Waals surface area contributed by atoms with E-state index in [2.05, 4.69) is 5.32 Å². The molecule has 4 nitrogen and oxygen atoms in total. The van der Waals surface area contributed by atoms with Gasteiger partial charge in [-0.2, -0.15) is 0 Å². The second-order valence-corrected chi connectivity index (χ2v) is 6.72. The molecule has 3 rings (SSSR count). The molecule has 0 radical (unpaired) electrons. The van der Waals surface area contributed by atoms with Crippen LogP contribution in [0.3, 0.4) is 0 Å². The number of hydrogen-bond acceptors (Lipinski definition) is 2. The van der Waals surface area contributed by atoms with Crippen molar-refractivity contribution in [3.8, 4) is 11.1 Å². The molecule has 1 atom stereocenters. The average molecular weight is 356 g/mol. The number of nitrogens with one attached hydrogen (secondary N) is 1. The minimum atomic E-state index is -0.262. The molecule has 0 saturated carbocycles. The molecule has 0 aliphatic carbocycles. The fraction of sp³-hybridized carbons (Fsp3) is 0.381. The zero-order chi connectivity index (χ0) is 18.4. The van der Waals surface area contributed by atoms with E-state index in [4.69, 9.17) is 4.74 Å². The van der Waals surface area contributed by atoms with Crippen LogP contribution in [0.1, 0.15) is 25.7 Å². The normalized spacial score (nSPS) is 16.9. The number of benzene rings is 2. The zero-order valence-electron chi connectivity index (χ0n) is 15.1. The van der Waals surface area contributed by atoms with E-state index in [1.54, 1.807) is 24.1 Å². The third kappa shape index (κ3) is 5.05. The number of carbonyl (C=O) groups excluding carboxylic acids is 1. The maximum atomic E-state index is 13.1. The Balaban J connectivity index is 1.56. The standard InChI is InChI=1S/C21H25FN2O2/c1-24(13-12-20-7-2-3-14-26-20)21(25)23-19-6-4-5-17(15-19)16-8-10-18(22)11-9-16/h4-6,8-11,15,20H,2-3,7,12-14H2,1H3,(H,23,25). The lowest BCUT2D eigenvalue weighted by Crippen LogP contribution is -2.34. The van der Waals surface area contributed by atoms with Gasteiger partial charge in [0.2, 0.25) is 0 Å². The van der Waals surface area contributed by atoms with Gasteiger partial charge in [0, 0.05) is 25.9 Å². The third-order valence-corrected chi connectivity index (χ3v) is 4.70. The largest absolute Gasteiger partial charge is 0.378 e. The highest BCUT2D eigenvalue weighted by Gasteiger charge is 2.16. The molecule has 1 heterocycles. The summed E-state index contributed by atoms with van der Waals surface area (Å²) in [6, 6.07) is 13.7. The maximum Gasteiger partial charge on any atom is 0.321 e. The molecule has 138 valence electrons. The van der Waals surface area contributed by atoms with E-state index in [0.717, 1.165) is 42.7 Å². The predicted octanol–water partition coefficient (Wildman–Crippen LogP) is 4.92. The van der Waals surface area contributed by atoms with E-state index >= 15 is 0 Å². The van der Waals surface area contributed by atoms with E-state index in [-0.39, 0.29) is 18.0 Å². The minimum Gasteiger partial charge on any atom is -0.378 e. The molecule has 1 N–H and O–H groups in total. The number of urea groups is 1. The van der Waals surface area contributed by atoms with Crippen LogP contribution in [0, 0.1) is 5.82 Å². The Kier molecular flexibility index (Phi) is 6.23. The first-order valence-electron chi connectivity index (χ1n) is 9.11. The Morgan fingerprint density at radius 2 is 2.00 bits per heavy atom. The molecular formula is C21H25FN2O2. The van der Waals surface area contributed by atoms with Crippen LogP contribution in [-0.2, 0) is 4.74 Å². The van der Waals surface area contributed by atoms with E-state index in [9.17, 15) is 9.18 Å². The Bertz CT molecular complexity index is 727. The van der Waals surface area contributed by atoms with Crippen LogP contribution in [0.15, 0.2) is 48.5 Å². The van der Waals surface area contributed by atoms with Gasteiger partial charge in [-0.1, -0.05) is 24.3 Å². The number of ether oxygens (including phenoxy) is 1. The second-order valence-electron chi connectivity index (χ2n) is 6.72. The lowest BCUT2D eigenvalue weighted by Gasteiger charge is -2.25. The van der Waals surface area contributed by atoms with Crippen LogP contribution < -0.4 is 5.32 Å². The van der Waals surface area contributed by atoms with Gasteiger partial charge in [-0.25, -0.2) is 9.18 Å². The van der Waals surface area contributed by atoms with Crippen LogP contribution in [0.5, 0.6) is 0 Å². The van der Waals surface area contributed by atoms with Crippen LogP contribution in [0.25, 0.3) is 11.1 Å². The lowest BCUT2D eigenvalue weighted by molar-refractivity contribution is 0.00848. The smallest absolute Gasteiger partial charge is 0.321 e. The SMILES string of the molecule is CN(CCC1CCCCO1)C(=O)Nc1cccc(-c2ccc(F)cc2)c1. The molecule has 1 unspecified atom stereocenters. The van der Waals surface area contributed by atoms with Crippen LogP contribution in [0.4, 0.5) is 14.9 Å². The first kappa shape index (κ1) is 18.4. The Labute approximate surface area is 154 Å². The third-order valence-electron chi connectivity index (χ3n) is 4.70. The number of hydrogen-bond donors (Lipinski definition) is 1. The van der Waals surface area contributed by atoms with Gasteiger partial charge in [-0.3, -0.25) is 0 Å². The van der Waals surface area contributed by atoms with E-state index < -0.39 is 0 Å². The molecule has 2 aromatic rings. The van der Waals surface area contributed by atoms with Gasteiger partial charge in [0.15, 0.2) is 0 Å². The molecule has 1 aliphatic heterocycles. The summed E-state index contributed by atoms with van der Waals surface area (Å²) >= 11 is 0. The molecule has 2 amide bonds. The topological polar surface area (TPSA) is 41.6 Å². The fourth-order valence-electron chi connectivity index (χ4n) is 3.11.